The van der Waals surface area contributed by atoms with Crippen LogP contribution in [0.25, 0.3) is 0 Å². The number of aliphatic hydroxyl groups excluding tert-OH is 3. The van der Waals surface area contributed by atoms with Gasteiger partial charge in [0, 0.05) is 19.9 Å². The minimum atomic E-state index is -1.60. The first-order chi connectivity index (χ1) is 19.3. The molecule has 0 radical (unpaired) electrons. The van der Waals surface area contributed by atoms with E-state index in [-0.39, 0.29) is 26.0 Å². The Morgan fingerprint density at radius 2 is 1.71 bits per heavy atom. The zero-order valence-corrected chi connectivity index (χ0v) is 24.7. The monoisotopic (exact) mass is 590 g/mol. The van der Waals surface area contributed by atoms with E-state index in [1.165, 1.54) is 20.3 Å². The highest BCUT2D eigenvalue weighted by Crippen LogP contribution is 2.24. The van der Waals surface area contributed by atoms with E-state index in [1.54, 1.807) is 6.92 Å². The van der Waals surface area contributed by atoms with E-state index >= 15 is 0 Å². The van der Waals surface area contributed by atoms with Gasteiger partial charge in [0.05, 0.1) is 25.4 Å². The molecular formula is C27H50N4O10. The predicted octanol–water partition coefficient (Wildman–Crippen LogP) is -0.951. The number of nitrogens with two attached hydrogens (primary N) is 2. The number of ether oxygens (including phenoxy) is 3. The Kier molecular flexibility index (Phi) is 16.9. The number of primary amides is 1. The smallest absolute Gasteiger partial charge is 0.305 e. The minimum absolute atomic E-state index is 0.102. The summed E-state index contributed by atoms with van der Waals surface area (Å²) in [5, 5.41) is 33.0. The van der Waals surface area contributed by atoms with Crippen LogP contribution in [0.5, 0.6) is 0 Å². The van der Waals surface area contributed by atoms with Gasteiger partial charge in [0.25, 0.3) is 0 Å². The molecule has 8 N–H and O–H groups in total. The zero-order valence-electron chi connectivity index (χ0n) is 24.7. The fourth-order valence-electron chi connectivity index (χ4n) is 4.70. The van der Waals surface area contributed by atoms with Crippen LogP contribution in [-0.2, 0) is 33.4 Å². The van der Waals surface area contributed by atoms with Gasteiger partial charge in [-0.15, -0.1) is 0 Å². The average molecular weight is 591 g/mol. The maximum absolute atomic E-state index is 13.0. The lowest BCUT2D eigenvalue weighted by Crippen LogP contribution is -2.65. The van der Waals surface area contributed by atoms with Crippen molar-refractivity contribution in [1.29, 1.82) is 0 Å². The Morgan fingerprint density at radius 1 is 1.07 bits per heavy atom. The Hall–Kier alpha value is -2.36. The van der Waals surface area contributed by atoms with Crippen molar-refractivity contribution in [2.45, 2.75) is 128 Å². The second kappa shape index (κ2) is 18.9. The van der Waals surface area contributed by atoms with Crippen LogP contribution in [0.2, 0.25) is 0 Å². The van der Waals surface area contributed by atoms with Crippen LogP contribution in [-0.4, -0.2) is 113 Å². The maximum Gasteiger partial charge on any atom is 0.305 e. The van der Waals surface area contributed by atoms with Gasteiger partial charge < -0.3 is 51.2 Å². The van der Waals surface area contributed by atoms with Gasteiger partial charge >= 0.3 is 5.97 Å². The summed E-state index contributed by atoms with van der Waals surface area (Å²) in [4.78, 5) is 50.6. The van der Waals surface area contributed by atoms with Crippen LogP contribution < -0.4 is 16.8 Å². The molecule has 0 aliphatic carbocycles. The molecular weight excluding hydrogens is 540 g/mol. The van der Waals surface area contributed by atoms with Gasteiger partial charge in [-0.05, 0) is 26.7 Å². The van der Waals surface area contributed by atoms with Crippen LogP contribution >= 0.6 is 0 Å². The number of esters is 1. The first-order valence-electron chi connectivity index (χ1n) is 14.4. The molecule has 0 aromatic rings. The molecule has 1 unspecified atom stereocenters. The molecule has 1 saturated heterocycles. The van der Waals surface area contributed by atoms with Gasteiger partial charge in [0.1, 0.15) is 30.4 Å². The summed E-state index contributed by atoms with van der Waals surface area (Å²) >= 11 is 0. The van der Waals surface area contributed by atoms with E-state index in [0.717, 1.165) is 37.0 Å². The molecule has 1 heterocycles. The van der Waals surface area contributed by atoms with E-state index in [9.17, 15) is 34.5 Å². The summed E-state index contributed by atoms with van der Waals surface area (Å²) in [6.07, 6.45) is -0.426. The highest BCUT2D eigenvalue weighted by molar-refractivity contribution is 5.89. The van der Waals surface area contributed by atoms with Crippen molar-refractivity contribution in [3.8, 4) is 0 Å². The van der Waals surface area contributed by atoms with E-state index in [1.807, 2.05) is 0 Å². The molecule has 1 rings (SSSR count). The molecule has 0 spiro atoms. The number of carbonyl (C=O) groups excluding carboxylic acids is 4. The number of amides is 3. The first-order valence-corrected chi connectivity index (χ1v) is 14.4. The topological polar surface area (TPSA) is 224 Å². The van der Waals surface area contributed by atoms with Crippen molar-refractivity contribution in [2.24, 2.45) is 11.5 Å². The number of rotatable bonds is 19. The zero-order chi connectivity index (χ0) is 31.1. The second-order valence-electron chi connectivity index (χ2n) is 10.6. The van der Waals surface area contributed by atoms with Gasteiger partial charge in [0.15, 0.2) is 6.29 Å². The maximum atomic E-state index is 13.0. The normalized spacial score (nSPS) is 24.6. The quantitative estimate of drug-likeness (QED) is 0.0794. The lowest BCUT2D eigenvalue weighted by molar-refractivity contribution is -0.268. The van der Waals surface area contributed by atoms with E-state index in [4.69, 9.17) is 25.7 Å². The van der Waals surface area contributed by atoms with Crippen molar-refractivity contribution < 1.29 is 48.7 Å². The number of hydrogen-bond acceptors (Lipinski definition) is 11. The molecule has 14 heteroatoms. The lowest BCUT2D eigenvalue weighted by atomic mass is 9.96. The van der Waals surface area contributed by atoms with E-state index in [2.05, 4.69) is 12.2 Å². The number of nitrogens with one attached hydrogen (secondary N) is 1. The fraction of sp³-hybridized carbons (Fsp3) is 0.852. The molecule has 0 aromatic carbocycles. The molecule has 0 bridgehead atoms. The predicted molar refractivity (Wildman–Crippen MR) is 148 cm³/mol. The molecule has 238 valence electrons. The standard InChI is InChI=1S/C27H50N4O10/c1-5-6-7-8-9-10-13-39-21(34)12-11-19(25(29)36)31(26(37)17(3)28)14-16(2)40-24-22(30-18(4)33)27(38)41-20(15-32)23(24)35/h16-17,19-20,22-24,27,32,35,38H,5-15,28H2,1-4H3,(H2,29,36)(H,30,33)/t16?,17-,19+,20+,22+,23+,24+,27-/m0/s1. The Balaban J connectivity index is 2.91. The molecule has 1 aliphatic heterocycles. The molecule has 8 atom stereocenters. The van der Waals surface area contributed by atoms with Gasteiger partial charge in [0.2, 0.25) is 17.7 Å². The molecule has 0 saturated carbocycles. The van der Waals surface area contributed by atoms with Gasteiger partial charge in [-0.25, -0.2) is 0 Å². The SMILES string of the molecule is CCCCCCCCOC(=O)CC[C@H](C(N)=O)N(CC(C)O[C@H]1[C@H](O)[C@@H](CO)O[C@H](O)[C@@H]1NC(C)=O)C(=O)[C@H](C)N. The van der Waals surface area contributed by atoms with E-state index in [0.29, 0.717) is 0 Å². The number of nitrogens with zero attached hydrogens (tertiary/aromatic N) is 1. The van der Waals surface area contributed by atoms with Crippen molar-refractivity contribution in [1.82, 2.24) is 10.2 Å². The molecule has 14 nitrogen and oxygen atoms in total. The fourth-order valence-corrected chi connectivity index (χ4v) is 4.70. The number of aliphatic hydroxyl groups is 3. The lowest BCUT2D eigenvalue weighted by Gasteiger charge is -2.44. The first kappa shape index (κ1) is 36.7. The number of unbranched alkanes of at least 4 members (excludes halogenated alkanes) is 5. The summed E-state index contributed by atoms with van der Waals surface area (Å²) in [5.74, 6) is -2.52. The van der Waals surface area contributed by atoms with Gasteiger partial charge in [-0.2, -0.15) is 0 Å². The van der Waals surface area contributed by atoms with Gasteiger partial charge in [-0.1, -0.05) is 39.0 Å². The summed E-state index contributed by atoms with van der Waals surface area (Å²) in [7, 11) is 0. The van der Waals surface area contributed by atoms with Gasteiger partial charge in [-0.3, -0.25) is 19.2 Å². The Labute approximate surface area is 242 Å². The third-order valence-electron chi connectivity index (χ3n) is 6.85. The molecule has 1 aliphatic rings. The summed E-state index contributed by atoms with van der Waals surface area (Å²) in [6, 6.07) is -3.41. The van der Waals surface area contributed by atoms with Crippen molar-refractivity contribution in [2.75, 3.05) is 19.8 Å². The number of carbonyl (C=O) groups is 4. The van der Waals surface area contributed by atoms with Crippen LogP contribution in [0, 0.1) is 0 Å². The highest BCUT2D eigenvalue weighted by Gasteiger charge is 2.46. The molecule has 3 amide bonds. The van der Waals surface area contributed by atoms with Crippen molar-refractivity contribution in [3.05, 3.63) is 0 Å². The van der Waals surface area contributed by atoms with Crippen LogP contribution in [0.4, 0.5) is 0 Å². The highest BCUT2D eigenvalue weighted by atomic mass is 16.6. The molecule has 41 heavy (non-hydrogen) atoms. The average Bonchev–Trinajstić information content (AvgIpc) is 2.90. The van der Waals surface area contributed by atoms with Crippen LogP contribution in [0.3, 0.4) is 0 Å². The van der Waals surface area contributed by atoms with Crippen molar-refractivity contribution in [3.63, 3.8) is 0 Å². The minimum Gasteiger partial charge on any atom is -0.466 e. The summed E-state index contributed by atoms with van der Waals surface area (Å²) in [5.41, 5.74) is 11.5. The summed E-state index contributed by atoms with van der Waals surface area (Å²) < 4.78 is 16.4. The third-order valence-corrected chi connectivity index (χ3v) is 6.85. The van der Waals surface area contributed by atoms with E-state index < -0.39 is 79.1 Å². The Morgan fingerprint density at radius 3 is 2.27 bits per heavy atom. The van der Waals surface area contributed by atoms with Crippen LogP contribution in [0.1, 0.15) is 79.1 Å². The van der Waals surface area contributed by atoms with Crippen molar-refractivity contribution >= 4 is 23.7 Å². The second-order valence-corrected chi connectivity index (χ2v) is 10.6. The number of hydrogen-bond donors (Lipinski definition) is 6. The molecule has 0 aromatic heterocycles. The summed E-state index contributed by atoms with van der Waals surface area (Å²) in [6.45, 7) is 5.73. The molecule has 1 fully saturated rings. The Bertz CT molecular complexity index is 830. The van der Waals surface area contributed by atoms with Crippen LogP contribution in [0.15, 0.2) is 0 Å². The third kappa shape index (κ3) is 12.6. The largest absolute Gasteiger partial charge is 0.466 e.